The minimum Gasteiger partial charge on any atom is -0.347 e. The molecule has 0 radical (unpaired) electrons. The van der Waals surface area contributed by atoms with Crippen LogP contribution in [0.5, 0.6) is 0 Å². The predicted octanol–water partition coefficient (Wildman–Crippen LogP) is 3.21. The molecular formula is C13H24O2. The Morgan fingerprint density at radius 2 is 1.47 bits per heavy atom. The van der Waals surface area contributed by atoms with Crippen LogP contribution in [0.3, 0.4) is 0 Å². The number of ether oxygens (including phenoxy) is 2. The van der Waals surface area contributed by atoms with Gasteiger partial charge in [-0.15, -0.1) is 0 Å². The maximum Gasteiger partial charge on any atom is 0.173 e. The fraction of sp³-hybridized carbons (Fsp3) is 1.00. The van der Waals surface area contributed by atoms with Crippen molar-refractivity contribution in [3.8, 4) is 0 Å². The summed E-state index contributed by atoms with van der Waals surface area (Å²) in [7, 11) is 0. The van der Waals surface area contributed by atoms with Gasteiger partial charge in [0.25, 0.3) is 0 Å². The third-order valence-corrected chi connectivity index (χ3v) is 5.09. The lowest BCUT2D eigenvalue weighted by Gasteiger charge is -2.56. The predicted molar refractivity (Wildman–Crippen MR) is 60.6 cm³/mol. The molecule has 0 aromatic heterocycles. The standard InChI is InChI=1S/C13H24O2/c1-10-11(2,3)6-7-13(12(10,4)5)14-8-9-15-13/h10H,6-9H2,1-5H3. The van der Waals surface area contributed by atoms with Crippen molar-refractivity contribution in [2.24, 2.45) is 16.7 Å². The van der Waals surface area contributed by atoms with Gasteiger partial charge in [-0.3, -0.25) is 0 Å². The van der Waals surface area contributed by atoms with Crippen LogP contribution < -0.4 is 0 Å². The molecule has 0 bridgehead atoms. The Morgan fingerprint density at radius 3 is 2.00 bits per heavy atom. The molecule has 2 nitrogen and oxygen atoms in total. The monoisotopic (exact) mass is 212 g/mol. The van der Waals surface area contributed by atoms with Crippen molar-refractivity contribution in [3.63, 3.8) is 0 Å². The summed E-state index contributed by atoms with van der Waals surface area (Å²) in [6.45, 7) is 13.2. The lowest BCUT2D eigenvalue weighted by molar-refractivity contribution is -0.278. The third-order valence-electron chi connectivity index (χ3n) is 5.09. The summed E-state index contributed by atoms with van der Waals surface area (Å²) in [6, 6.07) is 0. The van der Waals surface area contributed by atoms with Crippen LogP contribution in [0.2, 0.25) is 0 Å². The van der Waals surface area contributed by atoms with E-state index in [-0.39, 0.29) is 11.2 Å². The topological polar surface area (TPSA) is 18.5 Å². The van der Waals surface area contributed by atoms with Crippen LogP contribution in [0, 0.1) is 16.7 Å². The van der Waals surface area contributed by atoms with E-state index in [4.69, 9.17) is 9.47 Å². The fourth-order valence-corrected chi connectivity index (χ4v) is 3.30. The van der Waals surface area contributed by atoms with E-state index in [1.165, 1.54) is 6.42 Å². The van der Waals surface area contributed by atoms with Crippen molar-refractivity contribution in [2.75, 3.05) is 13.2 Å². The summed E-state index contributed by atoms with van der Waals surface area (Å²) in [4.78, 5) is 0. The van der Waals surface area contributed by atoms with Crippen LogP contribution in [0.15, 0.2) is 0 Å². The molecule has 2 heteroatoms. The van der Waals surface area contributed by atoms with Crippen LogP contribution in [-0.2, 0) is 9.47 Å². The van der Waals surface area contributed by atoms with E-state index in [1.54, 1.807) is 0 Å². The molecule has 1 saturated carbocycles. The van der Waals surface area contributed by atoms with Crippen molar-refractivity contribution < 1.29 is 9.47 Å². The van der Waals surface area contributed by atoms with Gasteiger partial charge in [0.15, 0.2) is 5.79 Å². The van der Waals surface area contributed by atoms with Crippen molar-refractivity contribution in [1.82, 2.24) is 0 Å². The maximum atomic E-state index is 5.94. The van der Waals surface area contributed by atoms with E-state index in [0.717, 1.165) is 19.6 Å². The zero-order valence-electron chi connectivity index (χ0n) is 10.7. The number of rotatable bonds is 0. The SMILES string of the molecule is CC1C(C)(C)CCC2(OCCO2)C1(C)C. The van der Waals surface area contributed by atoms with E-state index in [1.807, 2.05) is 0 Å². The quantitative estimate of drug-likeness (QED) is 0.614. The average Bonchev–Trinajstić information content (AvgIpc) is 2.61. The van der Waals surface area contributed by atoms with Crippen molar-refractivity contribution in [2.45, 2.75) is 53.2 Å². The molecule has 1 unspecified atom stereocenters. The van der Waals surface area contributed by atoms with E-state index in [0.29, 0.717) is 11.3 Å². The summed E-state index contributed by atoms with van der Waals surface area (Å²) in [6.07, 6.45) is 2.23. The molecule has 2 fully saturated rings. The smallest absolute Gasteiger partial charge is 0.173 e. The van der Waals surface area contributed by atoms with Crippen LogP contribution in [0.1, 0.15) is 47.5 Å². The van der Waals surface area contributed by atoms with E-state index in [9.17, 15) is 0 Å². The Labute approximate surface area is 93.3 Å². The van der Waals surface area contributed by atoms with Gasteiger partial charge in [-0.05, 0) is 17.8 Å². The Hall–Kier alpha value is -0.0800. The third kappa shape index (κ3) is 1.45. The van der Waals surface area contributed by atoms with Gasteiger partial charge in [0.1, 0.15) is 0 Å². The molecule has 2 aliphatic rings. The first-order valence-electron chi connectivity index (χ1n) is 6.10. The molecule has 0 amide bonds. The first-order chi connectivity index (χ1) is 6.82. The molecule has 2 rings (SSSR count). The van der Waals surface area contributed by atoms with Gasteiger partial charge in [-0.1, -0.05) is 34.6 Å². The zero-order chi connectivity index (χ0) is 11.3. The number of hydrogen-bond donors (Lipinski definition) is 0. The van der Waals surface area contributed by atoms with Gasteiger partial charge < -0.3 is 9.47 Å². The fourth-order valence-electron chi connectivity index (χ4n) is 3.30. The Bertz CT molecular complexity index is 249. The molecule has 1 aliphatic heterocycles. The molecule has 0 aromatic rings. The van der Waals surface area contributed by atoms with Gasteiger partial charge in [-0.2, -0.15) is 0 Å². The Morgan fingerprint density at radius 1 is 0.933 bits per heavy atom. The molecule has 1 heterocycles. The molecule has 1 aliphatic carbocycles. The van der Waals surface area contributed by atoms with Crippen LogP contribution in [0.25, 0.3) is 0 Å². The lowest BCUT2D eigenvalue weighted by Crippen LogP contribution is -2.57. The summed E-state index contributed by atoms with van der Waals surface area (Å²) < 4.78 is 11.9. The van der Waals surface area contributed by atoms with Crippen molar-refractivity contribution in [1.29, 1.82) is 0 Å². The second-order valence-electron chi connectivity index (χ2n) is 6.38. The van der Waals surface area contributed by atoms with Crippen molar-refractivity contribution in [3.05, 3.63) is 0 Å². The summed E-state index contributed by atoms with van der Waals surface area (Å²) in [5, 5.41) is 0. The largest absolute Gasteiger partial charge is 0.347 e. The van der Waals surface area contributed by atoms with Gasteiger partial charge >= 0.3 is 0 Å². The molecule has 0 N–H and O–H groups in total. The maximum absolute atomic E-state index is 5.94. The molecular weight excluding hydrogens is 188 g/mol. The van der Waals surface area contributed by atoms with Gasteiger partial charge in [0.05, 0.1) is 13.2 Å². The van der Waals surface area contributed by atoms with Crippen LogP contribution >= 0.6 is 0 Å². The van der Waals surface area contributed by atoms with E-state index >= 15 is 0 Å². The van der Waals surface area contributed by atoms with Gasteiger partial charge in [-0.25, -0.2) is 0 Å². The summed E-state index contributed by atoms with van der Waals surface area (Å²) in [5.41, 5.74) is 0.495. The van der Waals surface area contributed by atoms with Gasteiger partial charge in [0, 0.05) is 11.8 Å². The Balaban J connectivity index is 2.31. The Kier molecular flexibility index (Phi) is 2.44. The first kappa shape index (κ1) is 11.4. The molecule has 88 valence electrons. The lowest BCUT2D eigenvalue weighted by atomic mass is 9.55. The summed E-state index contributed by atoms with van der Waals surface area (Å²) >= 11 is 0. The molecule has 1 atom stereocenters. The second-order valence-corrected chi connectivity index (χ2v) is 6.38. The van der Waals surface area contributed by atoms with E-state index < -0.39 is 0 Å². The average molecular weight is 212 g/mol. The molecule has 0 aromatic carbocycles. The normalized spacial score (nSPS) is 37.0. The summed E-state index contributed by atoms with van der Waals surface area (Å²) in [5.74, 6) is 0.305. The highest BCUT2D eigenvalue weighted by Gasteiger charge is 2.59. The van der Waals surface area contributed by atoms with E-state index in [2.05, 4.69) is 34.6 Å². The van der Waals surface area contributed by atoms with Crippen LogP contribution in [-0.4, -0.2) is 19.0 Å². The zero-order valence-corrected chi connectivity index (χ0v) is 10.7. The highest BCUT2D eigenvalue weighted by Crippen LogP contribution is 2.58. The van der Waals surface area contributed by atoms with Crippen LogP contribution in [0.4, 0.5) is 0 Å². The van der Waals surface area contributed by atoms with Gasteiger partial charge in [0.2, 0.25) is 0 Å². The minimum atomic E-state index is -0.304. The van der Waals surface area contributed by atoms with Crippen molar-refractivity contribution >= 4 is 0 Å². The first-order valence-corrected chi connectivity index (χ1v) is 6.10. The molecule has 1 saturated heterocycles. The highest BCUT2D eigenvalue weighted by molar-refractivity contribution is 5.02. The minimum absolute atomic E-state index is 0.102. The number of hydrogen-bond acceptors (Lipinski definition) is 2. The second kappa shape index (κ2) is 3.21. The molecule has 1 spiro atoms. The molecule has 15 heavy (non-hydrogen) atoms. The highest BCUT2D eigenvalue weighted by atomic mass is 16.7.